The van der Waals surface area contributed by atoms with Crippen molar-refractivity contribution < 1.29 is 0 Å². The second kappa shape index (κ2) is 8.46. The lowest BCUT2D eigenvalue weighted by Crippen LogP contribution is -2.35. The molecule has 1 atom stereocenters. The lowest BCUT2D eigenvalue weighted by molar-refractivity contribution is 0.135. The molecule has 0 amide bonds. The Labute approximate surface area is 168 Å². The third-order valence-electron chi connectivity index (χ3n) is 8.93. The Morgan fingerprint density at radius 3 is 1.93 bits per heavy atom. The summed E-state index contributed by atoms with van der Waals surface area (Å²) in [6.45, 7) is 7.28. The molecule has 1 aliphatic heterocycles. The fourth-order valence-electron chi connectivity index (χ4n) is 6.93. The minimum Gasteiger partial charge on any atom is -0.306 e. The van der Waals surface area contributed by atoms with E-state index in [2.05, 4.69) is 26.2 Å². The van der Waals surface area contributed by atoms with E-state index in [1.165, 1.54) is 89.9 Å². The van der Waals surface area contributed by atoms with Crippen molar-refractivity contribution in [2.24, 2.45) is 40.1 Å². The fourth-order valence-corrected chi connectivity index (χ4v) is 6.93. The van der Waals surface area contributed by atoms with Gasteiger partial charge in [-0.3, -0.25) is 0 Å². The minimum atomic E-state index is 0.493. The van der Waals surface area contributed by atoms with Crippen molar-refractivity contribution in [3.8, 4) is 0 Å². The van der Waals surface area contributed by atoms with E-state index in [1.807, 2.05) is 0 Å². The Bertz CT molecular complexity index is 495. The lowest BCUT2D eigenvalue weighted by atomic mass is 9.67. The molecule has 3 fully saturated rings. The standard InChI is InChI=1S/C25H44N2/c1-25(2,3)22-15-13-21(14-16-22)24-17-23(26-27-24)20-11-9-19(10-12-20)18-7-5-4-6-8-18/h18-22,24,27H,4-17H2,1-3H3/t19?,20?,21?,22?,24-/m0/s1. The van der Waals surface area contributed by atoms with Crippen LogP contribution in [0.15, 0.2) is 5.10 Å². The Morgan fingerprint density at radius 2 is 1.30 bits per heavy atom. The van der Waals surface area contributed by atoms with Crippen molar-refractivity contribution in [3.63, 3.8) is 0 Å². The van der Waals surface area contributed by atoms with Gasteiger partial charge in [-0.2, -0.15) is 5.10 Å². The highest BCUT2D eigenvalue weighted by molar-refractivity contribution is 5.88. The summed E-state index contributed by atoms with van der Waals surface area (Å²) in [6, 6.07) is 0.650. The van der Waals surface area contributed by atoms with Crippen LogP contribution in [-0.4, -0.2) is 11.8 Å². The van der Waals surface area contributed by atoms with Gasteiger partial charge in [0.1, 0.15) is 0 Å². The van der Waals surface area contributed by atoms with Gasteiger partial charge in [0, 0.05) is 12.1 Å². The Morgan fingerprint density at radius 1 is 0.704 bits per heavy atom. The molecule has 0 radical (unpaired) electrons. The first-order valence-corrected chi connectivity index (χ1v) is 12.3. The molecule has 4 rings (SSSR count). The molecular formula is C25H44N2. The number of nitrogens with one attached hydrogen (secondary N) is 1. The van der Waals surface area contributed by atoms with E-state index in [9.17, 15) is 0 Å². The topological polar surface area (TPSA) is 24.4 Å². The fraction of sp³-hybridized carbons (Fsp3) is 0.960. The summed E-state index contributed by atoms with van der Waals surface area (Å²) in [6.07, 6.45) is 20.3. The predicted molar refractivity (Wildman–Crippen MR) is 116 cm³/mol. The summed E-state index contributed by atoms with van der Waals surface area (Å²) in [5.41, 5.74) is 5.62. The molecule has 0 aromatic carbocycles. The molecule has 0 aromatic rings. The van der Waals surface area contributed by atoms with Crippen molar-refractivity contribution in [2.75, 3.05) is 0 Å². The van der Waals surface area contributed by atoms with Crippen LogP contribution in [0.4, 0.5) is 0 Å². The molecule has 154 valence electrons. The van der Waals surface area contributed by atoms with Crippen LogP contribution in [-0.2, 0) is 0 Å². The van der Waals surface area contributed by atoms with Gasteiger partial charge in [0.15, 0.2) is 0 Å². The predicted octanol–water partition coefficient (Wildman–Crippen LogP) is 6.94. The summed E-state index contributed by atoms with van der Waals surface area (Å²) in [5, 5.41) is 4.89. The van der Waals surface area contributed by atoms with Crippen molar-refractivity contribution in [1.29, 1.82) is 0 Å². The third kappa shape index (κ3) is 4.73. The average molecular weight is 373 g/mol. The first-order valence-electron chi connectivity index (χ1n) is 12.3. The first-order chi connectivity index (χ1) is 13.0. The van der Waals surface area contributed by atoms with Gasteiger partial charge in [-0.05, 0) is 86.4 Å². The van der Waals surface area contributed by atoms with Crippen LogP contribution < -0.4 is 5.43 Å². The maximum absolute atomic E-state index is 4.89. The highest BCUT2D eigenvalue weighted by atomic mass is 15.3. The van der Waals surface area contributed by atoms with E-state index < -0.39 is 0 Å². The number of nitrogens with zero attached hydrogens (tertiary/aromatic N) is 1. The quantitative estimate of drug-likeness (QED) is 0.570. The average Bonchev–Trinajstić information content (AvgIpc) is 3.18. The number of hydrogen-bond donors (Lipinski definition) is 1. The van der Waals surface area contributed by atoms with Gasteiger partial charge in [0.25, 0.3) is 0 Å². The van der Waals surface area contributed by atoms with Gasteiger partial charge >= 0.3 is 0 Å². The van der Waals surface area contributed by atoms with E-state index in [-0.39, 0.29) is 0 Å². The largest absolute Gasteiger partial charge is 0.306 e. The van der Waals surface area contributed by atoms with Gasteiger partial charge < -0.3 is 5.43 Å². The summed E-state index contributed by atoms with van der Waals surface area (Å²) in [5.74, 6) is 4.69. The van der Waals surface area contributed by atoms with Crippen LogP contribution in [0.2, 0.25) is 0 Å². The molecule has 27 heavy (non-hydrogen) atoms. The van der Waals surface area contributed by atoms with E-state index in [0.717, 1.165) is 29.6 Å². The molecule has 3 aliphatic carbocycles. The molecule has 0 aromatic heterocycles. The Hall–Kier alpha value is -0.530. The zero-order chi connectivity index (χ0) is 18.9. The van der Waals surface area contributed by atoms with Crippen LogP contribution in [0.1, 0.15) is 111 Å². The van der Waals surface area contributed by atoms with E-state index in [0.29, 0.717) is 11.5 Å². The maximum atomic E-state index is 4.89. The van der Waals surface area contributed by atoms with E-state index in [4.69, 9.17) is 5.10 Å². The van der Waals surface area contributed by atoms with Crippen LogP contribution in [0.25, 0.3) is 0 Å². The second-order valence-electron chi connectivity index (χ2n) is 11.5. The zero-order valence-corrected chi connectivity index (χ0v) is 18.3. The molecule has 0 spiro atoms. The molecule has 1 N–H and O–H groups in total. The lowest BCUT2D eigenvalue weighted by Gasteiger charge is -2.38. The zero-order valence-electron chi connectivity index (χ0n) is 18.3. The maximum Gasteiger partial charge on any atom is 0.0521 e. The number of hydrogen-bond acceptors (Lipinski definition) is 2. The van der Waals surface area contributed by atoms with Crippen LogP contribution in [0.5, 0.6) is 0 Å². The van der Waals surface area contributed by atoms with Crippen molar-refractivity contribution in [3.05, 3.63) is 0 Å². The van der Waals surface area contributed by atoms with Crippen LogP contribution in [0, 0.1) is 35.0 Å². The van der Waals surface area contributed by atoms with Gasteiger partial charge in [-0.1, -0.05) is 52.9 Å². The number of hydrazone groups is 1. The van der Waals surface area contributed by atoms with Crippen LogP contribution >= 0.6 is 0 Å². The van der Waals surface area contributed by atoms with Crippen molar-refractivity contribution in [1.82, 2.24) is 5.43 Å². The Balaban J connectivity index is 1.21. The monoisotopic (exact) mass is 372 g/mol. The van der Waals surface area contributed by atoms with Gasteiger partial charge in [0.05, 0.1) is 6.04 Å². The highest BCUT2D eigenvalue weighted by Crippen LogP contribution is 2.43. The van der Waals surface area contributed by atoms with Crippen molar-refractivity contribution >= 4 is 5.71 Å². The molecule has 2 heteroatoms. The summed E-state index contributed by atoms with van der Waals surface area (Å²) >= 11 is 0. The van der Waals surface area contributed by atoms with E-state index in [1.54, 1.807) is 5.71 Å². The highest BCUT2D eigenvalue weighted by Gasteiger charge is 2.37. The molecule has 3 saturated carbocycles. The molecule has 2 nitrogen and oxygen atoms in total. The summed E-state index contributed by atoms with van der Waals surface area (Å²) in [4.78, 5) is 0. The molecule has 0 bridgehead atoms. The van der Waals surface area contributed by atoms with Gasteiger partial charge in [-0.15, -0.1) is 0 Å². The van der Waals surface area contributed by atoms with Crippen molar-refractivity contribution in [2.45, 2.75) is 117 Å². The molecular weight excluding hydrogens is 328 g/mol. The normalized spacial score (nSPS) is 39.1. The van der Waals surface area contributed by atoms with E-state index >= 15 is 0 Å². The van der Waals surface area contributed by atoms with Crippen LogP contribution in [0.3, 0.4) is 0 Å². The molecule has 0 unspecified atom stereocenters. The number of rotatable bonds is 3. The molecule has 4 aliphatic rings. The smallest absolute Gasteiger partial charge is 0.0521 e. The van der Waals surface area contributed by atoms with Gasteiger partial charge in [-0.25, -0.2) is 0 Å². The first kappa shape index (κ1) is 19.8. The SMILES string of the molecule is CC(C)(C)C1CCC([C@@H]2CC(C3CCC(C4CCCCC4)CC3)=NN2)CC1. The molecule has 1 heterocycles. The second-order valence-corrected chi connectivity index (χ2v) is 11.5. The minimum absolute atomic E-state index is 0.493. The third-order valence-corrected chi connectivity index (χ3v) is 8.93. The summed E-state index contributed by atoms with van der Waals surface area (Å²) in [7, 11) is 0. The Kier molecular flexibility index (Phi) is 6.19. The molecule has 0 saturated heterocycles. The summed E-state index contributed by atoms with van der Waals surface area (Å²) < 4.78 is 0. The van der Waals surface area contributed by atoms with Gasteiger partial charge in [0.2, 0.25) is 0 Å².